The SMILES string of the molecule is O=C(O)c1cc(Cl)cc(NC(=O)c2ccc(Cl)cn2)c1. The van der Waals surface area contributed by atoms with Gasteiger partial charge in [-0.15, -0.1) is 0 Å². The number of benzene rings is 1. The minimum atomic E-state index is -1.13. The van der Waals surface area contributed by atoms with Gasteiger partial charge in [-0.1, -0.05) is 23.2 Å². The molecule has 0 aliphatic rings. The Labute approximate surface area is 124 Å². The van der Waals surface area contributed by atoms with Gasteiger partial charge in [0.2, 0.25) is 0 Å². The molecule has 0 saturated carbocycles. The molecule has 2 aromatic rings. The lowest BCUT2D eigenvalue weighted by molar-refractivity contribution is 0.0696. The van der Waals surface area contributed by atoms with Crippen molar-refractivity contribution < 1.29 is 14.7 Å². The minimum absolute atomic E-state index is 0.0168. The fraction of sp³-hybridized carbons (Fsp3) is 0. The maximum atomic E-state index is 11.9. The van der Waals surface area contributed by atoms with Crippen LogP contribution < -0.4 is 5.32 Å². The van der Waals surface area contributed by atoms with Gasteiger partial charge in [-0.25, -0.2) is 9.78 Å². The standard InChI is InChI=1S/C13H8Cl2N2O3/c14-8-1-2-11(16-6-8)12(18)17-10-4-7(13(19)20)3-9(15)5-10/h1-6H,(H,17,18)(H,19,20). The maximum Gasteiger partial charge on any atom is 0.335 e. The van der Waals surface area contributed by atoms with Crippen LogP contribution >= 0.6 is 23.2 Å². The van der Waals surface area contributed by atoms with E-state index < -0.39 is 11.9 Å². The zero-order valence-electron chi connectivity index (χ0n) is 9.93. The number of aromatic nitrogens is 1. The number of carboxylic acid groups (broad SMARTS) is 1. The molecule has 0 aliphatic carbocycles. The van der Waals surface area contributed by atoms with Crippen LogP contribution in [0.1, 0.15) is 20.8 Å². The third kappa shape index (κ3) is 3.46. The lowest BCUT2D eigenvalue weighted by Crippen LogP contribution is -2.14. The molecule has 5 nitrogen and oxygen atoms in total. The van der Waals surface area contributed by atoms with Gasteiger partial charge in [0.15, 0.2) is 0 Å². The first-order valence-corrected chi connectivity index (χ1v) is 6.18. The largest absolute Gasteiger partial charge is 0.478 e. The third-order valence-electron chi connectivity index (χ3n) is 2.36. The zero-order chi connectivity index (χ0) is 14.7. The minimum Gasteiger partial charge on any atom is -0.478 e. The van der Waals surface area contributed by atoms with E-state index in [1.807, 2.05) is 0 Å². The number of carbonyl (C=O) groups is 2. The van der Waals surface area contributed by atoms with E-state index in [0.717, 1.165) is 0 Å². The Hall–Kier alpha value is -2.11. The number of carboxylic acids is 1. The highest BCUT2D eigenvalue weighted by Gasteiger charge is 2.11. The van der Waals surface area contributed by atoms with E-state index in [1.165, 1.54) is 36.5 Å². The zero-order valence-corrected chi connectivity index (χ0v) is 11.4. The van der Waals surface area contributed by atoms with Crippen LogP contribution in [0.4, 0.5) is 5.69 Å². The number of halogens is 2. The molecule has 20 heavy (non-hydrogen) atoms. The molecule has 0 radical (unpaired) electrons. The lowest BCUT2D eigenvalue weighted by atomic mass is 10.2. The number of amides is 1. The van der Waals surface area contributed by atoms with Gasteiger partial charge < -0.3 is 10.4 Å². The molecule has 1 aromatic heterocycles. The molecule has 7 heteroatoms. The highest BCUT2D eigenvalue weighted by Crippen LogP contribution is 2.20. The molecular weight excluding hydrogens is 303 g/mol. The van der Waals surface area contributed by atoms with Crippen molar-refractivity contribution in [3.63, 3.8) is 0 Å². The number of hydrogen-bond donors (Lipinski definition) is 2. The van der Waals surface area contributed by atoms with Crippen molar-refractivity contribution in [2.75, 3.05) is 5.32 Å². The van der Waals surface area contributed by atoms with E-state index in [2.05, 4.69) is 10.3 Å². The smallest absolute Gasteiger partial charge is 0.335 e. The number of aromatic carboxylic acids is 1. The van der Waals surface area contributed by atoms with Crippen molar-refractivity contribution in [2.24, 2.45) is 0 Å². The maximum absolute atomic E-state index is 11.9. The molecule has 2 N–H and O–H groups in total. The topological polar surface area (TPSA) is 79.3 Å². The lowest BCUT2D eigenvalue weighted by Gasteiger charge is -2.06. The van der Waals surface area contributed by atoms with E-state index in [9.17, 15) is 9.59 Å². The molecule has 1 aromatic carbocycles. The Balaban J connectivity index is 2.23. The fourth-order valence-electron chi connectivity index (χ4n) is 1.49. The van der Waals surface area contributed by atoms with E-state index >= 15 is 0 Å². The normalized spacial score (nSPS) is 10.1. The number of nitrogens with one attached hydrogen (secondary N) is 1. The number of hydrogen-bond acceptors (Lipinski definition) is 3. The van der Waals surface area contributed by atoms with Crippen molar-refractivity contribution >= 4 is 40.8 Å². The van der Waals surface area contributed by atoms with E-state index in [-0.39, 0.29) is 22.0 Å². The second kappa shape index (κ2) is 5.90. The fourth-order valence-corrected chi connectivity index (χ4v) is 1.84. The highest BCUT2D eigenvalue weighted by molar-refractivity contribution is 6.31. The van der Waals surface area contributed by atoms with Gasteiger partial charge in [0.05, 0.1) is 10.6 Å². The van der Waals surface area contributed by atoms with Crippen LogP contribution in [0.2, 0.25) is 10.0 Å². The van der Waals surface area contributed by atoms with Crippen molar-refractivity contribution in [1.82, 2.24) is 4.98 Å². The number of pyridine rings is 1. The van der Waals surface area contributed by atoms with E-state index in [1.54, 1.807) is 0 Å². The van der Waals surface area contributed by atoms with Crippen LogP contribution in [0, 0.1) is 0 Å². The summed E-state index contributed by atoms with van der Waals surface area (Å²) in [4.78, 5) is 26.7. The van der Waals surface area contributed by atoms with Gasteiger partial charge in [0, 0.05) is 16.9 Å². The molecule has 0 bridgehead atoms. The quantitative estimate of drug-likeness (QED) is 0.911. The molecule has 0 saturated heterocycles. The summed E-state index contributed by atoms with van der Waals surface area (Å²) in [5.74, 6) is -1.62. The van der Waals surface area contributed by atoms with E-state index in [4.69, 9.17) is 28.3 Å². The Morgan fingerprint density at radius 2 is 1.85 bits per heavy atom. The summed E-state index contributed by atoms with van der Waals surface area (Å²) >= 11 is 11.5. The molecule has 1 heterocycles. The molecular formula is C13H8Cl2N2O3. The Morgan fingerprint density at radius 1 is 1.10 bits per heavy atom. The van der Waals surface area contributed by atoms with E-state index in [0.29, 0.717) is 5.02 Å². The molecule has 2 rings (SSSR count). The van der Waals surface area contributed by atoms with Crippen molar-refractivity contribution in [2.45, 2.75) is 0 Å². The second-order valence-corrected chi connectivity index (χ2v) is 4.72. The van der Waals surface area contributed by atoms with Gasteiger partial charge >= 0.3 is 5.97 Å². The van der Waals surface area contributed by atoms with Crippen LogP contribution in [0.3, 0.4) is 0 Å². The van der Waals surface area contributed by atoms with Crippen LogP contribution in [0.25, 0.3) is 0 Å². The molecule has 1 amide bonds. The first kappa shape index (κ1) is 14.3. The summed E-state index contributed by atoms with van der Waals surface area (Å²) in [6.45, 7) is 0. The predicted molar refractivity (Wildman–Crippen MR) is 75.6 cm³/mol. The summed E-state index contributed by atoms with van der Waals surface area (Å²) in [5.41, 5.74) is 0.416. The first-order valence-electron chi connectivity index (χ1n) is 5.42. The average Bonchev–Trinajstić information content (AvgIpc) is 2.38. The Bertz CT molecular complexity index is 672. The molecule has 102 valence electrons. The number of nitrogens with zero attached hydrogens (tertiary/aromatic N) is 1. The summed E-state index contributed by atoms with van der Waals surface area (Å²) in [6.07, 6.45) is 1.34. The summed E-state index contributed by atoms with van der Waals surface area (Å²) in [7, 11) is 0. The summed E-state index contributed by atoms with van der Waals surface area (Å²) < 4.78 is 0. The first-order chi connectivity index (χ1) is 9.45. The molecule has 0 atom stereocenters. The van der Waals surface area contributed by atoms with Crippen LogP contribution in [-0.2, 0) is 0 Å². The highest BCUT2D eigenvalue weighted by atomic mass is 35.5. The molecule has 0 aliphatic heterocycles. The number of anilines is 1. The second-order valence-electron chi connectivity index (χ2n) is 3.85. The molecule has 0 spiro atoms. The summed E-state index contributed by atoms with van der Waals surface area (Å²) in [6, 6.07) is 7.04. The van der Waals surface area contributed by atoms with Crippen molar-refractivity contribution in [1.29, 1.82) is 0 Å². The predicted octanol–water partition coefficient (Wildman–Crippen LogP) is 3.34. The van der Waals surface area contributed by atoms with Crippen LogP contribution in [0.5, 0.6) is 0 Å². The van der Waals surface area contributed by atoms with Gasteiger partial charge in [-0.05, 0) is 30.3 Å². The molecule has 0 fully saturated rings. The van der Waals surface area contributed by atoms with Crippen molar-refractivity contribution in [3.8, 4) is 0 Å². The number of carbonyl (C=O) groups excluding carboxylic acids is 1. The molecule has 0 unspecified atom stereocenters. The van der Waals surface area contributed by atoms with Gasteiger partial charge in [-0.3, -0.25) is 4.79 Å². The average molecular weight is 311 g/mol. The van der Waals surface area contributed by atoms with Gasteiger partial charge in [0.25, 0.3) is 5.91 Å². The summed E-state index contributed by atoms with van der Waals surface area (Å²) in [5, 5.41) is 12.1. The van der Waals surface area contributed by atoms with Gasteiger partial charge in [0.1, 0.15) is 5.69 Å². The Kier molecular flexibility index (Phi) is 4.22. The van der Waals surface area contributed by atoms with Crippen LogP contribution in [0.15, 0.2) is 36.5 Å². The Morgan fingerprint density at radius 3 is 2.45 bits per heavy atom. The van der Waals surface area contributed by atoms with Gasteiger partial charge in [-0.2, -0.15) is 0 Å². The van der Waals surface area contributed by atoms with Crippen molar-refractivity contribution in [3.05, 3.63) is 57.8 Å². The third-order valence-corrected chi connectivity index (χ3v) is 2.80. The monoisotopic (exact) mass is 310 g/mol. The number of rotatable bonds is 3. The van der Waals surface area contributed by atoms with Crippen LogP contribution in [-0.4, -0.2) is 22.0 Å².